The van der Waals surface area contributed by atoms with Gasteiger partial charge in [0.1, 0.15) is 0 Å². The fourth-order valence-electron chi connectivity index (χ4n) is 3.43. The van der Waals surface area contributed by atoms with Crippen molar-refractivity contribution >= 4 is 38.5 Å². The van der Waals surface area contributed by atoms with E-state index in [0.29, 0.717) is 19.6 Å². The zero-order valence-corrected chi connectivity index (χ0v) is 14.2. The van der Waals surface area contributed by atoms with E-state index in [2.05, 4.69) is 16.3 Å². The Labute approximate surface area is 144 Å². The second kappa shape index (κ2) is 6.39. The Kier molecular flexibility index (Phi) is 4.10. The van der Waals surface area contributed by atoms with E-state index in [9.17, 15) is 9.59 Å². The van der Waals surface area contributed by atoms with Crippen LogP contribution in [0, 0.1) is 5.92 Å². The molecule has 2 fully saturated rings. The molecule has 4 rings (SSSR count). The molecule has 1 N–H and O–H groups in total. The van der Waals surface area contributed by atoms with Gasteiger partial charge < -0.3 is 15.1 Å². The van der Waals surface area contributed by atoms with Crippen molar-refractivity contribution in [3.05, 3.63) is 24.3 Å². The van der Waals surface area contributed by atoms with Gasteiger partial charge in [0.15, 0.2) is 5.13 Å². The summed E-state index contributed by atoms with van der Waals surface area (Å²) in [7, 11) is 0. The van der Waals surface area contributed by atoms with Crippen LogP contribution in [0.25, 0.3) is 10.2 Å². The molecule has 126 valence electrons. The number of benzene rings is 1. The van der Waals surface area contributed by atoms with Gasteiger partial charge in [-0.25, -0.2) is 4.98 Å². The third-order valence-corrected chi connectivity index (χ3v) is 5.77. The minimum Gasteiger partial charge on any atom is -0.353 e. The minimum absolute atomic E-state index is 0.0448. The van der Waals surface area contributed by atoms with Crippen molar-refractivity contribution in [1.82, 2.24) is 15.2 Å². The first-order valence-corrected chi connectivity index (χ1v) is 9.18. The standard InChI is InChI=1S/C17H20N4O2S/c22-15-11-20(9-7-18-15)16(23)12-4-3-8-21(10-12)17-19-13-5-1-2-6-14(13)24-17/h1-2,5-6,12H,3-4,7-11H2,(H,18,22)/t12-/m1/s1. The topological polar surface area (TPSA) is 65.5 Å². The third kappa shape index (κ3) is 2.96. The van der Waals surface area contributed by atoms with Crippen molar-refractivity contribution in [3.63, 3.8) is 0 Å². The van der Waals surface area contributed by atoms with Crippen molar-refractivity contribution in [3.8, 4) is 0 Å². The van der Waals surface area contributed by atoms with E-state index in [1.807, 2.05) is 18.2 Å². The number of hydrogen-bond donors (Lipinski definition) is 1. The molecule has 0 unspecified atom stereocenters. The van der Waals surface area contributed by atoms with Crippen molar-refractivity contribution < 1.29 is 9.59 Å². The molecule has 0 bridgehead atoms. The first-order valence-electron chi connectivity index (χ1n) is 8.37. The number of amides is 2. The number of rotatable bonds is 2. The molecule has 0 radical (unpaired) electrons. The molecule has 0 aliphatic carbocycles. The van der Waals surface area contributed by atoms with E-state index in [0.717, 1.165) is 30.0 Å². The van der Waals surface area contributed by atoms with E-state index < -0.39 is 0 Å². The van der Waals surface area contributed by atoms with Crippen molar-refractivity contribution in [2.45, 2.75) is 12.8 Å². The fraction of sp³-hybridized carbons (Fsp3) is 0.471. The van der Waals surface area contributed by atoms with Crippen LogP contribution in [-0.2, 0) is 9.59 Å². The Balaban J connectivity index is 1.48. The maximum atomic E-state index is 12.7. The van der Waals surface area contributed by atoms with Gasteiger partial charge in [0, 0.05) is 26.2 Å². The molecule has 3 heterocycles. The summed E-state index contributed by atoms with van der Waals surface area (Å²) in [5.41, 5.74) is 1.01. The molecule has 1 aromatic carbocycles. The second-order valence-electron chi connectivity index (χ2n) is 6.36. The molecule has 0 spiro atoms. The van der Waals surface area contributed by atoms with Crippen LogP contribution in [0.4, 0.5) is 5.13 Å². The summed E-state index contributed by atoms with van der Waals surface area (Å²) in [6.45, 7) is 2.98. The number of aromatic nitrogens is 1. The largest absolute Gasteiger partial charge is 0.353 e. The summed E-state index contributed by atoms with van der Waals surface area (Å²) in [6.07, 6.45) is 1.87. The maximum absolute atomic E-state index is 12.7. The lowest BCUT2D eigenvalue weighted by molar-refractivity contribution is -0.141. The predicted octanol–water partition coefficient (Wildman–Crippen LogP) is 1.47. The zero-order chi connectivity index (χ0) is 16.5. The van der Waals surface area contributed by atoms with Crippen molar-refractivity contribution in [2.24, 2.45) is 5.92 Å². The summed E-state index contributed by atoms with van der Waals surface area (Å²) in [5.74, 6) is 0.000706. The smallest absolute Gasteiger partial charge is 0.239 e. The van der Waals surface area contributed by atoms with Crippen LogP contribution in [0.3, 0.4) is 0 Å². The Morgan fingerprint density at radius 1 is 1.29 bits per heavy atom. The van der Waals surface area contributed by atoms with Gasteiger partial charge in [0.2, 0.25) is 11.8 Å². The van der Waals surface area contributed by atoms with Crippen LogP contribution >= 0.6 is 11.3 Å². The Morgan fingerprint density at radius 3 is 3.00 bits per heavy atom. The zero-order valence-electron chi connectivity index (χ0n) is 13.4. The molecule has 2 amide bonds. The Morgan fingerprint density at radius 2 is 2.17 bits per heavy atom. The van der Waals surface area contributed by atoms with Crippen LogP contribution in [0.5, 0.6) is 0 Å². The first-order chi connectivity index (χ1) is 11.7. The molecule has 24 heavy (non-hydrogen) atoms. The average Bonchev–Trinajstić information content (AvgIpc) is 3.05. The van der Waals surface area contributed by atoms with Crippen LogP contribution in [-0.4, -0.2) is 54.4 Å². The summed E-state index contributed by atoms with van der Waals surface area (Å²) >= 11 is 1.68. The van der Waals surface area contributed by atoms with E-state index >= 15 is 0 Å². The minimum atomic E-state index is -0.0616. The van der Waals surface area contributed by atoms with Gasteiger partial charge >= 0.3 is 0 Å². The van der Waals surface area contributed by atoms with Gasteiger partial charge in [-0.1, -0.05) is 23.5 Å². The lowest BCUT2D eigenvalue weighted by Crippen LogP contribution is -2.53. The molecule has 1 aromatic heterocycles. The normalized spacial score (nSPS) is 21.8. The van der Waals surface area contributed by atoms with Gasteiger partial charge in [0.05, 0.1) is 22.7 Å². The van der Waals surface area contributed by atoms with E-state index in [4.69, 9.17) is 4.98 Å². The summed E-state index contributed by atoms with van der Waals surface area (Å²) in [4.78, 5) is 32.9. The Bertz CT molecular complexity index is 742. The fourth-order valence-corrected chi connectivity index (χ4v) is 4.43. The van der Waals surface area contributed by atoms with Crippen LogP contribution < -0.4 is 10.2 Å². The molecule has 2 aromatic rings. The summed E-state index contributed by atoms with van der Waals surface area (Å²) in [5, 5.41) is 3.76. The molecule has 6 nitrogen and oxygen atoms in total. The van der Waals surface area contributed by atoms with E-state index in [-0.39, 0.29) is 24.3 Å². The number of thiazole rings is 1. The molecular weight excluding hydrogens is 324 g/mol. The van der Waals surface area contributed by atoms with E-state index in [1.165, 1.54) is 4.70 Å². The lowest BCUT2D eigenvalue weighted by atomic mass is 9.96. The summed E-state index contributed by atoms with van der Waals surface area (Å²) in [6, 6.07) is 8.12. The molecule has 2 aliphatic rings. The van der Waals surface area contributed by atoms with E-state index in [1.54, 1.807) is 16.2 Å². The van der Waals surface area contributed by atoms with Gasteiger partial charge in [-0.3, -0.25) is 9.59 Å². The van der Waals surface area contributed by atoms with Crippen LogP contribution in [0.15, 0.2) is 24.3 Å². The monoisotopic (exact) mass is 344 g/mol. The highest BCUT2D eigenvalue weighted by Gasteiger charge is 2.32. The van der Waals surface area contributed by atoms with Gasteiger partial charge in [-0.2, -0.15) is 0 Å². The van der Waals surface area contributed by atoms with Crippen LogP contribution in [0.1, 0.15) is 12.8 Å². The number of fused-ring (bicyclic) bond motifs is 1. The number of piperazine rings is 1. The highest BCUT2D eigenvalue weighted by atomic mass is 32.1. The number of carbonyl (C=O) groups excluding carboxylic acids is 2. The van der Waals surface area contributed by atoms with Crippen molar-refractivity contribution in [2.75, 3.05) is 37.6 Å². The number of anilines is 1. The van der Waals surface area contributed by atoms with Crippen molar-refractivity contribution in [1.29, 1.82) is 0 Å². The first kappa shape index (κ1) is 15.4. The maximum Gasteiger partial charge on any atom is 0.239 e. The average molecular weight is 344 g/mol. The molecule has 7 heteroatoms. The number of hydrogen-bond acceptors (Lipinski definition) is 5. The quantitative estimate of drug-likeness (QED) is 0.896. The SMILES string of the molecule is O=C1CN(C(=O)[C@@H]2CCCN(c3nc4ccccc4s3)C2)CCN1. The molecule has 0 saturated carbocycles. The molecule has 2 aliphatic heterocycles. The third-order valence-electron chi connectivity index (χ3n) is 4.67. The lowest BCUT2D eigenvalue weighted by Gasteiger charge is -2.35. The van der Waals surface area contributed by atoms with Gasteiger partial charge in [0.25, 0.3) is 0 Å². The highest BCUT2D eigenvalue weighted by molar-refractivity contribution is 7.22. The Hall–Kier alpha value is -2.15. The van der Waals surface area contributed by atoms with Gasteiger partial charge in [-0.15, -0.1) is 0 Å². The molecule has 1 atom stereocenters. The summed E-state index contributed by atoms with van der Waals surface area (Å²) < 4.78 is 1.17. The second-order valence-corrected chi connectivity index (χ2v) is 7.37. The number of para-hydroxylation sites is 1. The van der Waals surface area contributed by atoms with Gasteiger partial charge in [-0.05, 0) is 25.0 Å². The highest BCUT2D eigenvalue weighted by Crippen LogP contribution is 2.31. The van der Waals surface area contributed by atoms with Crippen LogP contribution in [0.2, 0.25) is 0 Å². The predicted molar refractivity (Wildman–Crippen MR) is 94.1 cm³/mol. The number of carbonyl (C=O) groups is 2. The number of nitrogens with one attached hydrogen (secondary N) is 1. The molecular formula is C17H20N4O2S. The number of nitrogens with zero attached hydrogens (tertiary/aromatic N) is 3. The molecule has 2 saturated heterocycles. The number of piperidine rings is 1.